The normalized spacial score (nSPS) is 11.8. The van der Waals surface area contributed by atoms with E-state index in [1.54, 1.807) is 35.4 Å². The number of aryl methyl sites for hydroxylation is 1. The van der Waals surface area contributed by atoms with Gasteiger partial charge in [0.05, 0.1) is 11.2 Å². The van der Waals surface area contributed by atoms with Gasteiger partial charge in [-0.25, -0.2) is 18.9 Å². The van der Waals surface area contributed by atoms with Gasteiger partial charge >= 0.3 is 0 Å². The maximum Gasteiger partial charge on any atom is 0.261 e. The lowest BCUT2D eigenvalue weighted by Gasteiger charge is -2.27. The van der Waals surface area contributed by atoms with Crippen molar-refractivity contribution in [2.45, 2.75) is 31.3 Å². The molecule has 0 aliphatic rings. The van der Waals surface area contributed by atoms with E-state index in [0.717, 1.165) is 15.4 Å². The molecule has 2 aromatic carbocycles. The maximum absolute atomic E-state index is 13.3. The molecule has 1 aromatic heterocycles. The second-order valence-corrected chi connectivity index (χ2v) is 9.10. The van der Waals surface area contributed by atoms with Crippen LogP contribution in [-0.4, -0.2) is 46.0 Å². The van der Waals surface area contributed by atoms with E-state index in [0.29, 0.717) is 12.1 Å². The Morgan fingerprint density at radius 1 is 1.12 bits per heavy atom. The zero-order chi connectivity index (χ0) is 23.1. The van der Waals surface area contributed by atoms with E-state index in [4.69, 9.17) is 5.21 Å². The molecule has 0 unspecified atom stereocenters. The molecule has 0 aliphatic heterocycles. The zero-order valence-electron chi connectivity index (χ0n) is 18.2. The summed E-state index contributed by atoms with van der Waals surface area (Å²) >= 11 is 0. The van der Waals surface area contributed by atoms with Gasteiger partial charge in [-0.1, -0.05) is 29.5 Å². The standard InChI is InChI=1S/C23H24N4O4S.ClH/c1-18-3-5-20(6-4-18)7-8-21-9-11-22(12-10-21)32(30,31)27(19(2)23(28)25-29)16-15-26-14-13-24-17-26;/h3-6,9-14,17,19,29H,15-16H2,1-2H3,(H,25,28);1H/t19-;/m1./s1. The number of hydroxylamine groups is 1. The summed E-state index contributed by atoms with van der Waals surface area (Å²) in [5, 5.41) is 9.00. The van der Waals surface area contributed by atoms with Crippen LogP contribution in [0.15, 0.2) is 72.1 Å². The number of rotatable bonds is 7. The minimum atomic E-state index is -4.02. The first-order valence-corrected chi connectivity index (χ1v) is 11.4. The molecule has 1 atom stereocenters. The highest BCUT2D eigenvalue weighted by Crippen LogP contribution is 2.19. The molecule has 8 nitrogen and oxygen atoms in total. The number of sulfonamides is 1. The van der Waals surface area contributed by atoms with E-state index >= 15 is 0 Å². The van der Waals surface area contributed by atoms with Crippen molar-refractivity contribution in [1.29, 1.82) is 0 Å². The Balaban J connectivity index is 0.00000385. The van der Waals surface area contributed by atoms with Gasteiger partial charge in [0.15, 0.2) is 0 Å². The Kier molecular flexibility index (Phi) is 9.20. The van der Waals surface area contributed by atoms with Gasteiger partial charge in [0, 0.05) is 36.6 Å². The summed E-state index contributed by atoms with van der Waals surface area (Å²) in [5.41, 5.74) is 4.19. The summed E-state index contributed by atoms with van der Waals surface area (Å²) < 4.78 is 29.3. The Bertz CT molecular complexity index is 1220. The summed E-state index contributed by atoms with van der Waals surface area (Å²) in [5.74, 6) is 5.24. The lowest BCUT2D eigenvalue weighted by molar-refractivity contribution is -0.132. The first-order valence-electron chi connectivity index (χ1n) is 9.91. The van der Waals surface area contributed by atoms with Crippen molar-refractivity contribution in [1.82, 2.24) is 19.3 Å². The van der Waals surface area contributed by atoms with E-state index in [9.17, 15) is 13.2 Å². The van der Waals surface area contributed by atoms with Crippen molar-refractivity contribution in [2.24, 2.45) is 0 Å². The predicted octanol–water partition coefficient (Wildman–Crippen LogP) is 2.60. The van der Waals surface area contributed by atoms with Gasteiger partial charge in [0.2, 0.25) is 10.0 Å². The Morgan fingerprint density at radius 3 is 2.21 bits per heavy atom. The third-order valence-corrected chi connectivity index (χ3v) is 6.91. The quantitative estimate of drug-likeness (QED) is 0.302. The molecular formula is C23H25ClN4O4S. The highest BCUT2D eigenvalue weighted by Gasteiger charge is 2.32. The fourth-order valence-electron chi connectivity index (χ4n) is 3.01. The second kappa shape index (κ2) is 11.6. The van der Waals surface area contributed by atoms with Crippen LogP contribution in [0.3, 0.4) is 0 Å². The number of nitrogens with zero attached hydrogens (tertiary/aromatic N) is 3. The molecule has 0 radical (unpaired) electrons. The summed E-state index contributed by atoms with van der Waals surface area (Å²) in [4.78, 5) is 15.9. The van der Waals surface area contributed by atoms with E-state index in [1.807, 2.05) is 31.2 Å². The molecule has 3 rings (SSSR count). The third-order valence-electron chi connectivity index (χ3n) is 4.92. The lowest BCUT2D eigenvalue weighted by Crippen LogP contribution is -2.48. The predicted molar refractivity (Wildman–Crippen MR) is 126 cm³/mol. The van der Waals surface area contributed by atoms with E-state index in [2.05, 4.69) is 16.8 Å². The van der Waals surface area contributed by atoms with Crippen LogP contribution in [-0.2, 0) is 21.4 Å². The van der Waals surface area contributed by atoms with Crippen LogP contribution in [0.4, 0.5) is 0 Å². The van der Waals surface area contributed by atoms with E-state index < -0.39 is 22.0 Å². The van der Waals surface area contributed by atoms with Crippen LogP contribution >= 0.6 is 12.4 Å². The van der Waals surface area contributed by atoms with Gasteiger partial charge in [-0.15, -0.1) is 12.4 Å². The second-order valence-electron chi connectivity index (χ2n) is 7.21. The highest BCUT2D eigenvalue weighted by molar-refractivity contribution is 7.89. The SMILES string of the molecule is Cc1ccc(C#Cc2ccc(S(=O)(=O)N(CCn3ccnc3)[C@H](C)C(=O)NO)cc2)cc1.Cl. The minimum Gasteiger partial charge on any atom is -0.336 e. The van der Waals surface area contributed by atoms with Gasteiger partial charge in [-0.2, -0.15) is 4.31 Å². The van der Waals surface area contributed by atoms with Crippen molar-refractivity contribution < 1.29 is 18.4 Å². The van der Waals surface area contributed by atoms with Gasteiger partial charge in [-0.3, -0.25) is 10.0 Å². The summed E-state index contributed by atoms with van der Waals surface area (Å²) in [6.45, 7) is 3.73. The molecule has 33 heavy (non-hydrogen) atoms. The molecule has 0 saturated carbocycles. The lowest BCUT2D eigenvalue weighted by atomic mass is 10.1. The van der Waals surface area contributed by atoms with Crippen LogP contribution in [0.1, 0.15) is 23.6 Å². The Morgan fingerprint density at radius 2 is 1.70 bits per heavy atom. The van der Waals surface area contributed by atoms with Gasteiger partial charge in [-0.05, 0) is 50.2 Å². The Labute approximate surface area is 199 Å². The number of hydrogen-bond donors (Lipinski definition) is 2. The molecule has 3 aromatic rings. The number of aromatic nitrogens is 2. The molecule has 0 saturated heterocycles. The summed E-state index contributed by atoms with van der Waals surface area (Å²) in [7, 11) is -4.02. The van der Waals surface area contributed by atoms with Gasteiger partial charge < -0.3 is 4.57 Å². The number of hydrogen-bond acceptors (Lipinski definition) is 5. The Hall–Kier alpha value is -3.16. The van der Waals surface area contributed by atoms with E-state index in [1.165, 1.54) is 24.5 Å². The van der Waals surface area contributed by atoms with E-state index in [-0.39, 0.29) is 23.8 Å². The number of halogens is 1. The monoisotopic (exact) mass is 488 g/mol. The number of amides is 1. The fraction of sp³-hybridized carbons (Fsp3) is 0.217. The molecule has 1 heterocycles. The van der Waals surface area contributed by atoms with Crippen molar-refractivity contribution >= 4 is 28.3 Å². The molecular weight excluding hydrogens is 464 g/mol. The van der Waals surface area contributed by atoms with Crippen LogP contribution in [0.2, 0.25) is 0 Å². The number of benzene rings is 2. The molecule has 1 amide bonds. The highest BCUT2D eigenvalue weighted by atomic mass is 35.5. The van der Waals surface area contributed by atoms with Crippen LogP contribution in [0.25, 0.3) is 0 Å². The number of nitrogens with one attached hydrogen (secondary N) is 1. The van der Waals surface area contributed by atoms with Crippen molar-refractivity contribution in [3.05, 3.63) is 83.9 Å². The van der Waals surface area contributed by atoms with Crippen molar-refractivity contribution in [2.75, 3.05) is 6.54 Å². The largest absolute Gasteiger partial charge is 0.336 e. The molecule has 0 fully saturated rings. The number of carbonyl (C=O) groups excluding carboxylic acids is 1. The topological polar surface area (TPSA) is 105 Å². The maximum atomic E-state index is 13.3. The molecule has 2 N–H and O–H groups in total. The minimum absolute atomic E-state index is 0. The molecule has 0 spiro atoms. The van der Waals surface area contributed by atoms with Crippen LogP contribution in [0.5, 0.6) is 0 Å². The molecule has 10 heteroatoms. The zero-order valence-corrected chi connectivity index (χ0v) is 19.8. The first kappa shape index (κ1) is 26.1. The molecule has 0 aliphatic carbocycles. The van der Waals surface area contributed by atoms with Gasteiger partial charge in [0.1, 0.15) is 6.04 Å². The summed E-state index contributed by atoms with van der Waals surface area (Å²) in [6.07, 6.45) is 4.84. The van der Waals surface area contributed by atoms with Crippen molar-refractivity contribution in [3.63, 3.8) is 0 Å². The van der Waals surface area contributed by atoms with Crippen molar-refractivity contribution in [3.8, 4) is 11.8 Å². The van der Waals surface area contributed by atoms with Crippen LogP contribution in [0, 0.1) is 18.8 Å². The average Bonchev–Trinajstić information content (AvgIpc) is 3.32. The number of imidazole rings is 1. The molecule has 0 bridgehead atoms. The fourth-order valence-corrected chi connectivity index (χ4v) is 4.59. The van der Waals surface area contributed by atoms with Gasteiger partial charge in [0.25, 0.3) is 5.91 Å². The summed E-state index contributed by atoms with van der Waals surface area (Å²) in [6, 6.07) is 12.8. The molecule has 174 valence electrons. The smallest absolute Gasteiger partial charge is 0.261 e. The third kappa shape index (κ3) is 6.66. The first-order chi connectivity index (χ1) is 15.3. The average molecular weight is 489 g/mol. The van der Waals surface area contributed by atoms with Crippen LogP contribution < -0.4 is 5.48 Å². The number of carbonyl (C=O) groups is 1.